The highest BCUT2D eigenvalue weighted by Gasteiger charge is 2.22. The van der Waals surface area contributed by atoms with Crippen LogP contribution in [-0.2, 0) is 0 Å². The number of rotatable bonds is 5. The number of hydrogen-bond acceptors (Lipinski definition) is 5. The zero-order valence-corrected chi connectivity index (χ0v) is 9.38. The monoisotopic (exact) mass is 258 g/mol. The standard InChI is InChI=1S/C10H11FN2O5/c1-5(4-14)12-8-3-7(11)6(10(15)16)2-9(8)13(17)18/h2-3,5,12,14H,4H2,1H3,(H,15,16). The number of carboxylic acids is 1. The molecule has 0 saturated heterocycles. The lowest BCUT2D eigenvalue weighted by molar-refractivity contribution is -0.384. The maximum atomic E-state index is 13.4. The molecule has 98 valence electrons. The first-order valence-corrected chi connectivity index (χ1v) is 4.95. The molecule has 0 fully saturated rings. The zero-order chi connectivity index (χ0) is 13.9. The van der Waals surface area contributed by atoms with E-state index < -0.39 is 34.0 Å². The number of aliphatic hydroxyl groups excluding tert-OH is 1. The number of nitro groups is 1. The van der Waals surface area contributed by atoms with Gasteiger partial charge in [-0.25, -0.2) is 9.18 Å². The van der Waals surface area contributed by atoms with E-state index in [-0.39, 0.29) is 12.3 Å². The van der Waals surface area contributed by atoms with Crippen molar-refractivity contribution in [3.8, 4) is 0 Å². The van der Waals surface area contributed by atoms with E-state index >= 15 is 0 Å². The van der Waals surface area contributed by atoms with Gasteiger partial charge in [0.25, 0.3) is 5.69 Å². The molecular formula is C10H11FN2O5. The number of carbonyl (C=O) groups is 1. The second-order valence-electron chi connectivity index (χ2n) is 3.64. The number of halogens is 1. The van der Waals surface area contributed by atoms with Gasteiger partial charge in [-0.15, -0.1) is 0 Å². The number of hydrogen-bond donors (Lipinski definition) is 3. The third-order valence-corrected chi connectivity index (χ3v) is 2.19. The normalized spacial score (nSPS) is 11.9. The average molecular weight is 258 g/mol. The van der Waals surface area contributed by atoms with Crippen LogP contribution in [0.3, 0.4) is 0 Å². The van der Waals surface area contributed by atoms with E-state index in [1.807, 2.05) is 0 Å². The van der Waals surface area contributed by atoms with E-state index in [0.717, 1.165) is 6.07 Å². The molecule has 0 aliphatic heterocycles. The van der Waals surface area contributed by atoms with Gasteiger partial charge in [0.05, 0.1) is 11.5 Å². The van der Waals surface area contributed by atoms with E-state index in [1.165, 1.54) is 6.92 Å². The van der Waals surface area contributed by atoms with Gasteiger partial charge in [0.2, 0.25) is 0 Å². The summed E-state index contributed by atoms with van der Waals surface area (Å²) in [6, 6.07) is 0.844. The summed E-state index contributed by atoms with van der Waals surface area (Å²) >= 11 is 0. The Hall–Kier alpha value is -2.22. The molecule has 3 N–H and O–H groups in total. The average Bonchev–Trinajstić information content (AvgIpc) is 2.27. The molecule has 0 aliphatic rings. The van der Waals surface area contributed by atoms with Crippen molar-refractivity contribution in [3.05, 3.63) is 33.6 Å². The quantitative estimate of drug-likeness (QED) is 0.540. The van der Waals surface area contributed by atoms with Crippen LogP contribution in [0.1, 0.15) is 17.3 Å². The van der Waals surface area contributed by atoms with E-state index in [0.29, 0.717) is 6.07 Å². The molecule has 0 heterocycles. The number of anilines is 1. The van der Waals surface area contributed by atoms with Crippen molar-refractivity contribution in [3.63, 3.8) is 0 Å². The van der Waals surface area contributed by atoms with Crippen molar-refractivity contribution in [2.24, 2.45) is 0 Å². The van der Waals surface area contributed by atoms with Crippen LogP contribution in [0.25, 0.3) is 0 Å². The predicted octanol–water partition coefficient (Wildman–Crippen LogP) is 1.22. The molecule has 18 heavy (non-hydrogen) atoms. The van der Waals surface area contributed by atoms with Crippen LogP contribution in [0.15, 0.2) is 12.1 Å². The van der Waals surface area contributed by atoms with Gasteiger partial charge in [0.1, 0.15) is 17.1 Å². The first kappa shape index (κ1) is 13.8. The zero-order valence-electron chi connectivity index (χ0n) is 9.38. The first-order valence-electron chi connectivity index (χ1n) is 4.95. The molecular weight excluding hydrogens is 247 g/mol. The fraction of sp³-hybridized carbons (Fsp3) is 0.300. The molecule has 0 amide bonds. The summed E-state index contributed by atoms with van der Waals surface area (Å²) < 4.78 is 13.4. The molecule has 1 aromatic carbocycles. The van der Waals surface area contributed by atoms with Crippen molar-refractivity contribution in [2.75, 3.05) is 11.9 Å². The Balaban J connectivity index is 3.29. The lowest BCUT2D eigenvalue weighted by atomic mass is 10.1. The molecule has 1 aromatic rings. The van der Waals surface area contributed by atoms with E-state index in [9.17, 15) is 19.3 Å². The summed E-state index contributed by atoms with van der Waals surface area (Å²) in [7, 11) is 0. The van der Waals surface area contributed by atoms with Crippen molar-refractivity contribution >= 4 is 17.3 Å². The van der Waals surface area contributed by atoms with Gasteiger partial charge in [-0.2, -0.15) is 0 Å². The topological polar surface area (TPSA) is 113 Å². The Morgan fingerprint density at radius 1 is 1.61 bits per heavy atom. The van der Waals surface area contributed by atoms with Gasteiger partial charge in [-0.05, 0) is 6.92 Å². The van der Waals surface area contributed by atoms with Gasteiger partial charge >= 0.3 is 5.97 Å². The minimum absolute atomic E-state index is 0.177. The Labute approximate surface area is 101 Å². The lowest BCUT2D eigenvalue weighted by Gasteiger charge is -2.13. The summed E-state index contributed by atoms with van der Waals surface area (Å²) in [5.41, 5.74) is -1.51. The third-order valence-electron chi connectivity index (χ3n) is 2.19. The number of nitro benzene ring substituents is 1. The highest BCUT2D eigenvalue weighted by molar-refractivity contribution is 5.90. The smallest absolute Gasteiger partial charge is 0.338 e. The van der Waals surface area contributed by atoms with E-state index in [4.69, 9.17) is 10.2 Å². The molecule has 0 saturated carbocycles. The molecule has 0 aliphatic carbocycles. The third kappa shape index (κ3) is 2.92. The molecule has 1 atom stereocenters. The van der Waals surface area contributed by atoms with Gasteiger partial charge < -0.3 is 15.5 Å². The maximum absolute atomic E-state index is 13.4. The lowest BCUT2D eigenvalue weighted by Crippen LogP contribution is -2.20. The summed E-state index contributed by atoms with van der Waals surface area (Å²) in [4.78, 5) is 20.6. The van der Waals surface area contributed by atoms with Crippen molar-refractivity contribution < 1.29 is 24.3 Å². The van der Waals surface area contributed by atoms with Gasteiger partial charge in [0, 0.05) is 18.2 Å². The number of nitrogens with one attached hydrogen (secondary N) is 1. The second-order valence-corrected chi connectivity index (χ2v) is 3.64. The molecule has 7 nitrogen and oxygen atoms in total. The minimum atomic E-state index is -1.59. The van der Waals surface area contributed by atoms with Gasteiger partial charge in [-0.1, -0.05) is 0 Å². The molecule has 0 spiro atoms. The number of nitrogens with zero attached hydrogens (tertiary/aromatic N) is 1. The molecule has 1 unspecified atom stereocenters. The Bertz CT molecular complexity index is 491. The summed E-state index contributed by atoms with van der Waals surface area (Å²) in [6.07, 6.45) is 0. The van der Waals surface area contributed by atoms with Crippen molar-refractivity contribution in [1.82, 2.24) is 0 Å². The Morgan fingerprint density at radius 3 is 2.67 bits per heavy atom. The van der Waals surface area contributed by atoms with Crippen LogP contribution in [0.5, 0.6) is 0 Å². The molecule has 0 bridgehead atoms. The van der Waals surface area contributed by atoms with Crippen molar-refractivity contribution in [1.29, 1.82) is 0 Å². The summed E-state index contributed by atoms with van der Waals surface area (Å²) in [5, 5.41) is 30.8. The molecule has 1 rings (SSSR count). The van der Waals surface area contributed by atoms with Crippen LogP contribution in [0.2, 0.25) is 0 Å². The number of aromatic carboxylic acids is 1. The minimum Gasteiger partial charge on any atom is -0.478 e. The van der Waals surface area contributed by atoms with Crippen LogP contribution >= 0.6 is 0 Å². The highest BCUT2D eigenvalue weighted by atomic mass is 19.1. The van der Waals surface area contributed by atoms with Crippen LogP contribution in [-0.4, -0.2) is 33.8 Å². The van der Waals surface area contributed by atoms with Crippen LogP contribution in [0, 0.1) is 15.9 Å². The van der Waals surface area contributed by atoms with Gasteiger partial charge in [0.15, 0.2) is 0 Å². The fourth-order valence-electron chi connectivity index (χ4n) is 1.30. The SMILES string of the molecule is CC(CO)Nc1cc(F)c(C(=O)O)cc1[N+](=O)[O-]. The van der Waals surface area contributed by atoms with Crippen LogP contribution in [0.4, 0.5) is 15.8 Å². The molecule has 0 radical (unpaired) electrons. The fourth-order valence-corrected chi connectivity index (χ4v) is 1.30. The number of carboxylic acid groups (broad SMARTS) is 1. The van der Waals surface area contributed by atoms with Crippen molar-refractivity contribution in [2.45, 2.75) is 13.0 Å². The Morgan fingerprint density at radius 2 is 2.22 bits per heavy atom. The Kier molecular flexibility index (Phi) is 4.16. The van der Waals surface area contributed by atoms with E-state index in [2.05, 4.69) is 5.32 Å². The molecule has 0 aromatic heterocycles. The second kappa shape index (κ2) is 5.41. The number of benzene rings is 1. The van der Waals surface area contributed by atoms with E-state index in [1.54, 1.807) is 0 Å². The summed E-state index contributed by atoms with van der Waals surface area (Å²) in [5.74, 6) is -2.67. The van der Waals surface area contributed by atoms with Crippen LogP contribution < -0.4 is 5.32 Å². The maximum Gasteiger partial charge on any atom is 0.338 e. The van der Waals surface area contributed by atoms with Gasteiger partial charge in [-0.3, -0.25) is 10.1 Å². The first-order chi connectivity index (χ1) is 8.36. The molecule has 8 heteroatoms. The summed E-state index contributed by atoms with van der Waals surface area (Å²) in [6.45, 7) is 1.23. The highest BCUT2D eigenvalue weighted by Crippen LogP contribution is 2.28. The number of aliphatic hydroxyl groups is 1. The largest absolute Gasteiger partial charge is 0.478 e. The predicted molar refractivity (Wildman–Crippen MR) is 60.2 cm³/mol.